The lowest BCUT2D eigenvalue weighted by molar-refractivity contribution is -0.870. The molecule has 29 heavy (non-hydrogen) atoms. The molecule has 0 amide bonds. The van der Waals surface area contributed by atoms with Crippen LogP contribution in [0.25, 0.3) is 0 Å². The largest absolute Gasteiger partial charge is 0.759 e. The van der Waals surface area contributed by atoms with Gasteiger partial charge in [-0.05, 0) is 25.7 Å². The summed E-state index contributed by atoms with van der Waals surface area (Å²) >= 11 is 0. The Bertz CT molecular complexity index is 675. The number of unbranched alkanes of at least 4 members (excludes halogenated alkanes) is 2. The molecule has 0 saturated heterocycles. The van der Waals surface area contributed by atoms with E-state index in [1.165, 1.54) is 0 Å². The van der Waals surface area contributed by atoms with Crippen molar-refractivity contribution in [1.82, 2.24) is 0 Å². The second-order valence-electron chi connectivity index (χ2n) is 8.42. The summed E-state index contributed by atoms with van der Waals surface area (Å²) in [6, 6.07) is 0. The van der Waals surface area contributed by atoms with E-state index < -0.39 is 30.6 Å². The van der Waals surface area contributed by atoms with E-state index in [0.29, 0.717) is 12.8 Å². The molecule has 0 aromatic carbocycles. The van der Waals surface area contributed by atoms with Crippen molar-refractivity contribution in [3.05, 3.63) is 0 Å². The normalized spacial score (nSPS) is 13.0. The van der Waals surface area contributed by atoms with E-state index >= 15 is 0 Å². The molecule has 0 aromatic rings. The Morgan fingerprint density at radius 3 is 0.931 bits per heavy atom. The van der Waals surface area contributed by atoms with Gasteiger partial charge in [-0.3, -0.25) is 17.5 Å². The molecule has 0 saturated carbocycles. The second-order valence-corrected chi connectivity index (χ2v) is 12.4. The lowest BCUT2D eigenvalue weighted by atomic mass is 10.3. The van der Waals surface area contributed by atoms with Crippen LogP contribution in [0.1, 0.15) is 25.7 Å². The minimum Gasteiger partial charge on any atom is -0.759 e. The predicted molar refractivity (Wildman–Crippen MR) is 108 cm³/mol. The molecule has 0 atom stereocenters. The van der Waals surface area contributed by atoms with Gasteiger partial charge in [-0.15, -0.1) is 0 Å². The van der Waals surface area contributed by atoms with Gasteiger partial charge in [-0.1, -0.05) is 0 Å². The van der Waals surface area contributed by atoms with Gasteiger partial charge in [-0.25, -0.2) is 0 Å². The van der Waals surface area contributed by atoms with E-state index in [-0.39, 0.29) is 11.5 Å². The molecule has 0 unspecified atom stereocenters. The number of rotatable bonds is 10. The standard InChI is InChI=1S/2C7H17NO3S.H2O4S/c2*1-8(2,3)6-4-5-7-12(9,10)11;1-5(2,3)4/h2*4-7H2,1-3H3;(H2,1,2,3,4). The van der Waals surface area contributed by atoms with Gasteiger partial charge >= 0.3 is 0 Å². The molecule has 0 bridgehead atoms. The maximum atomic E-state index is 10.3. The van der Waals surface area contributed by atoms with Crippen LogP contribution in [-0.2, 0) is 30.6 Å². The fourth-order valence-electron chi connectivity index (χ4n) is 1.74. The Labute approximate surface area is 175 Å². The molecule has 0 heterocycles. The first-order chi connectivity index (χ1) is 12.4. The predicted octanol–water partition coefficient (Wildman–Crippen LogP) is -0.617. The fourth-order valence-corrected chi connectivity index (χ4v) is 2.88. The van der Waals surface area contributed by atoms with Crippen LogP contribution in [0, 0.1) is 0 Å². The van der Waals surface area contributed by atoms with Crippen molar-refractivity contribution in [2.75, 3.05) is 66.9 Å². The minimum absolute atomic E-state index is 0.118. The van der Waals surface area contributed by atoms with Gasteiger partial charge in [0, 0.05) is 10.4 Å². The smallest absolute Gasteiger partial charge is 0.264 e. The summed E-state index contributed by atoms with van der Waals surface area (Å²) in [4.78, 5) is 0. The summed E-state index contributed by atoms with van der Waals surface area (Å²) in [5.74, 6) is -0.236. The van der Waals surface area contributed by atoms with Crippen LogP contribution in [0.15, 0.2) is 0 Å². The molecule has 12 nitrogen and oxygen atoms in total. The average molecular weight is 489 g/mol. The molecule has 0 aliphatic carbocycles. The van der Waals surface area contributed by atoms with E-state index in [2.05, 4.69) is 0 Å². The topological polar surface area (TPSA) is 189 Å². The molecule has 0 fully saturated rings. The van der Waals surface area contributed by atoms with Crippen LogP contribution in [0.5, 0.6) is 0 Å². The van der Waals surface area contributed by atoms with Crippen molar-refractivity contribution in [2.45, 2.75) is 25.7 Å². The molecule has 2 N–H and O–H groups in total. The number of hydrogen-bond donors (Lipinski definition) is 2. The van der Waals surface area contributed by atoms with Crippen molar-refractivity contribution in [2.24, 2.45) is 0 Å². The summed E-state index contributed by atoms with van der Waals surface area (Å²) in [6.07, 6.45) is 2.72. The molecule has 15 heteroatoms. The van der Waals surface area contributed by atoms with Crippen molar-refractivity contribution in [3.8, 4) is 0 Å². The zero-order chi connectivity index (χ0) is 24.2. The zero-order valence-electron chi connectivity index (χ0n) is 17.9. The Morgan fingerprint density at radius 1 is 0.586 bits per heavy atom. The van der Waals surface area contributed by atoms with E-state index in [1.54, 1.807) is 0 Å². The van der Waals surface area contributed by atoms with Gasteiger partial charge in [-0.2, -0.15) is 16.8 Å². The van der Waals surface area contributed by atoms with Gasteiger partial charge in [0.2, 0.25) is 0 Å². The van der Waals surface area contributed by atoms with Gasteiger partial charge in [0.15, 0.2) is 0 Å². The fraction of sp³-hybridized carbons (Fsp3) is 1.00. The highest BCUT2D eigenvalue weighted by Gasteiger charge is 2.09. The van der Waals surface area contributed by atoms with Gasteiger partial charge in [0.05, 0.1) is 66.9 Å². The summed E-state index contributed by atoms with van der Waals surface area (Å²) in [5.41, 5.74) is 0. The van der Waals surface area contributed by atoms with Gasteiger partial charge in [0.1, 0.15) is 0 Å². The van der Waals surface area contributed by atoms with Crippen molar-refractivity contribution < 1.29 is 52.4 Å². The molecule has 0 spiro atoms. The molecule has 0 aliphatic heterocycles. The molecule has 0 aliphatic rings. The summed E-state index contributed by atoms with van der Waals surface area (Å²) in [5, 5.41) is 0. The van der Waals surface area contributed by atoms with Crippen LogP contribution < -0.4 is 0 Å². The van der Waals surface area contributed by atoms with Crippen LogP contribution >= 0.6 is 0 Å². The van der Waals surface area contributed by atoms with Gasteiger partial charge < -0.3 is 18.1 Å². The Balaban J connectivity index is -0.000000380. The molecule has 0 radical (unpaired) electrons. The maximum absolute atomic E-state index is 10.3. The SMILES string of the molecule is C[N+](C)(C)CCCCS(=O)(=O)O.C[N+](C)(C)CCCCS(=O)(=O)O.O=S(=O)([O-])[O-]. The molecule has 0 rings (SSSR count). The molecular weight excluding hydrogens is 452 g/mol. The number of quaternary nitrogens is 2. The molecular formula is C14H36N2O10S3. The van der Waals surface area contributed by atoms with Gasteiger partial charge in [0.25, 0.3) is 20.2 Å². The first-order valence-electron chi connectivity index (χ1n) is 8.59. The highest BCUT2D eigenvalue weighted by molar-refractivity contribution is 7.86. The molecule has 180 valence electrons. The highest BCUT2D eigenvalue weighted by Crippen LogP contribution is 2.00. The van der Waals surface area contributed by atoms with Crippen LogP contribution in [0.2, 0.25) is 0 Å². The molecule has 0 aromatic heterocycles. The first kappa shape index (κ1) is 33.3. The number of hydrogen-bond acceptors (Lipinski definition) is 8. The lowest BCUT2D eigenvalue weighted by Gasteiger charge is -2.23. The van der Waals surface area contributed by atoms with Crippen molar-refractivity contribution >= 4 is 30.6 Å². The first-order valence-corrected chi connectivity index (χ1v) is 13.1. The monoisotopic (exact) mass is 488 g/mol. The minimum atomic E-state index is -5.17. The third-order valence-electron chi connectivity index (χ3n) is 2.96. The van der Waals surface area contributed by atoms with Crippen LogP contribution in [0.4, 0.5) is 0 Å². The quantitative estimate of drug-likeness (QED) is 0.173. The van der Waals surface area contributed by atoms with E-state index in [0.717, 1.165) is 34.9 Å². The third kappa shape index (κ3) is 58.4. The summed E-state index contributed by atoms with van der Waals surface area (Å²) < 4.78 is 93.8. The third-order valence-corrected chi connectivity index (χ3v) is 4.57. The zero-order valence-corrected chi connectivity index (χ0v) is 20.4. The highest BCUT2D eigenvalue weighted by atomic mass is 32.3. The number of nitrogens with zero attached hydrogens (tertiary/aromatic N) is 2. The Morgan fingerprint density at radius 2 is 0.793 bits per heavy atom. The van der Waals surface area contributed by atoms with E-state index in [4.69, 9.17) is 26.6 Å². The van der Waals surface area contributed by atoms with Crippen LogP contribution in [0.3, 0.4) is 0 Å². The average Bonchev–Trinajstić information content (AvgIpc) is 2.35. The van der Waals surface area contributed by atoms with E-state index in [9.17, 15) is 16.8 Å². The maximum Gasteiger partial charge on any atom is 0.264 e. The Kier molecular flexibility index (Phi) is 15.8. The van der Waals surface area contributed by atoms with Crippen LogP contribution in [-0.4, -0.2) is 119 Å². The second kappa shape index (κ2) is 13.8. The summed E-state index contributed by atoms with van der Waals surface area (Å²) in [7, 11) is -0.370. The Hall–Kier alpha value is -0.390. The van der Waals surface area contributed by atoms with E-state index in [1.807, 2.05) is 42.3 Å². The summed E-state index contributed by atoms with van der Waals surface area (Å²) in [6.45, 7) is 1.85. The van der Waals surface area contributed by atoms with Crippen molar-refractivity contribution in [1.29, 1.82) is 0 Å². The lowest BCUT2D eigenvalue weighted by Crippen LogP contribution is -2.35. The van der Waals surface area contributed by atoms with Crippen molar-refractivity contribution in [3.63, 3.8) is 0 Å².